The summed E-state index contributed by atoms with van der Waals surface area (Å²) in [5.41, 5.74) is -0.338. The maximum absolute atomic E-state index is 12.2. The van der Waals surface area contributed by atoms with E-state index < -0.39 is 5.56 Å². The zero-order valence-electron chi connectivity index (χ0n) is 12.5. The predicted octanol–water partition coefficient (Wildman–Crippen LogP) is 0.303. The molecule has 1 aliphatic rings. The van der Waals surface area contributed by atoms with Crippen LogP contribution >= 0.6 is 11.6 Å². The lowest BCUT2D eigenvalue weighted by Gasteiger charge is -2.15. The van der Waals surface area contributed by atoms with Gasteiger partial charge in [-0.25, -0.2) is 9.97 Å². The van der Waals surface area contributed by atoms with Crippen LogP contribution in [0.5, 0.6) is 0 Å². The van der Waals surface area contributed by atoms with Crippen LogP contribution in [0.25, 0.3) is 0 Å². The van der Waals surface area contributed by atoms with Crippen molar-refractivity contribution in [3.8, 4) is 0 Å². The summed E-state index contributed by atoms with van der Waals surface area (Å²) >= 11 is 5.87. The molecule has 2 amide bonds. The minimum Gasteiger partial charge on any atom is -0.373 e. The Morgan fingerprint density at radius 1 is 1.50 bits per heavy atom. The van der Waals surface area contributed by atoms with E-state index in [1.54, 1.807) is 4.90 Å². The molecule has 0 spiro atoms. The van der Waals surface area contributed by atoms with Gasteiger partial charge in [-0.15, -0.1) is 0 Å². The van der Waals surface area contributed by atoms with Gasteiger partial charge < -0.3 is 14.7 Å². The van der Waals surface area contributed by atoms with Crippen LogP contribution < -0.4 is 10.9 Å². The first-order chi connectivity index (χ1) is 11.5. The van der Waals surface area contributed by atoms with E-state index in [9.17, 15) is 14.4 Å². The first kappa shape index (κ1) is 16.2. The number of nitrogens with zero attached hydrogens (tertiary/aromatic N) is 3. The van der Waals surface area contributed by atoms with Gasteiger partial charge in [0.1, 0.15) is 12.0 Å². The number of aromatic nitrogens is 3. The second-order valence-corrected chi connectivity index (χ2v) is 5.82. The molecule has 126 valence electrons. The fraction of sp³-hybridized carbons (Fsp3) is 0.357. The number of carbonyl (C=O) groups excluding carboxylic acids is 2. The Kier molecular flexibility index (Phi) is 4.61. The minimum absolute atomic E-state index is 0.0162. The summed E-state index contributed by atoms with van der Waals surface area (Å²) in [4.78, 5) is 44.4. The number of hydrogen-bond donors (Lipinski definition) is 2. The van der Waals surface area contributed by atoms with E-state index in [4.69, 9.17) is 16.1 Å². The number of halogens is 1. The van der Waals surface area contributed by atoms with Gasteiger partial charge in [0.15, 0.2) is 0 Å². The number of likely N-dealkylation sites (tertiary alicyclic amines) is 1. The summed E-state index contributed by atoms with van der Waals surface area (Å²) < 4.78 is 4.82. The van der Waals surface area contributed by atoms with Crippen molar-refractivity contribution in [1.29, 1.82) is 0 Å². The minimum atomic E-state index is -0.455. The van der Waals surface area contributed by atoms with Crippen molar-refractivity contribution in [3.63, 3.8) is 0 Å². The number of aromatic amines is 1. The maximum atomic E-state index is 12.2. The first-order valence-corrected chi connectivity index (χ1v) is 7.64. The van der Waals surface area contributed by atoms with Crippen LogP contribution in [0.2, 0.25) is 5.02 Å². The molecule has 9 nitrogen and oxygen atoms in total. The Morgan fingerprint density at radius 2 is 2.33 bits per heavy atom. The summed E-state index contributed by atoms with van der Waals surface area (Å²) in [7, 11) is 0. The van der Waals surface area contributed by atoms with E-state index in [0.717, 1.165) is 12.5 Å². The van der Waals surface area contributed by atoms with Crippen LogP contribution in [0.3, 0.4) is 0 Å². The third-order valence-electron chi connectivity index (χ3n) is 3.74. The first-order valence-electron chi connectivity index (χ1n) is 7.26. The van der Waals surface area contributed by atoms with Gasteiger partial charge in [-0.3, -0.25) is 14.4 Å². The van der Waals surface area contributed by atoms with Gasteiger partial charge in [0.2, 0.25) is 5.76 Å². The molecule has 3 heterocycles. The van der Waals surface area contributed by atoms with Crippen molar-refractivity contribution in [2.75, 3.05) is 19.6 Å². The third kappa shape index (κ3) is 3.46. The molecule has 1 aliphatic heterocycles. The molecule has 0 saturated carbocycles. The van der Waals surface area contributed by atoms with Crippen LogP contribution in [-0.2, 0) is 0 Å². The highest BCUT2D eigenvalue weighted by molar-refractivity contribution is 6.33. The molecule has 2 N–H and O–H groups in total. The topological polar surface area (TPSA) is 121 Å². The predicted molar refractivity (Wildman–Crippen MR) is 82.7 cm³/mol. The summed E-state index contributed by atoms with van der Waals surface area (Å²) in [6.07, 6.45) is 3.34. The van der Waals surface area contributed by atoms with Gasteiger partial charge in [-0.2, -0.15) is 5.16 Å². The van der Waals surface area contributed by atoms with Crippen LogP contribution in [0.1, 0.15) is 27.5 Å². The van der Waals surface area contributed by atoms with Gasteiger partial charge in [0.25, 0.3) is 17.4 Å². The molecule has 3 rings (SSSR count). The molecule has 1 atom stereocenters. The molecular weight excluding hydrogens is 338 g/mol. The number of nitrogens with one attached hydrogen (secondary N) is 2. The number of carbonyl (C=O) groups is 2. The molecule has 1 unspecified atom stereocenters. The molecule has 0 radical (unpaired) electrons. The fourth-order valence-electron chi connectivity index (χ4n) is 2.53. The monoisotopic (exact) mass is 351 g/mol. The molecular formula is C14H14ClN5O4. The number of hydrogen-bond acceptors (Lipinski definition) is 6. The zero-order valence-corrected chi connectivity index (χ0v) is 13.2. The Hall–Kier alpha value is -2.68. The molecule has 0 bridgehead atoms. The Bertz CT molecular complexity index is 817. The smallest absolute Gasteiger partial charge is 0.292 e. The number of rotatable bonds is 4. The van der Waals surface area contributed by atoms with Crippen LogP contribution in [-0.4, -0.2) is 51.5 Å². The van der Waals surface area contributed by atoms with Crippen LogP contribution in [0.4, 0.5) is 0 Å². The lowest BCUT2D eigenvalue weighted by Crippen LogP contribution is -2.33. The summed E-state index contributed by atoms with van der Waals surface area (Å²) in [6, 6.07) is 1.12. The Labute approximate surface area is 141 Å². The van der Waals surface area contributed by atoms with Gasteiger partial charge in [-0.05, 0) is 12.3 Å². The third-order valence-corrected chi connectivity index (χ3v) is 4.02. The standard InChI is InChI=1S/C14H14ClN5O4/c15-9-5-16-7-18-12(9)13(22)17-4-8-1-2-20(6-8)14(23)10-3-11(21)19-24-10/h3,5,7-8H,1-2,4,6H2,(H,17,22)(H,19,21). The Balaban J connectivity index is 1.53. The van der Waals surface area contributed by atoms with E-state index in [-0.39, 0.29) is 34.2 Å². The van der Waals surface area contributed by atoms with E-state index in [2.05, 4.69) is 20.4 Å². The van der Waals surface area contributed by atoms with Crippen molar-refractivity contribution in [2.45, 2.75) is 6.42 Å². The highest BCUT2D eigenvalue weighted by atomic mass is 35.5. The van der Waals surface area contributed by atoms with Crippen molar-refractivity contribution in [2.24, 2.45) is 5.92 Å². The fourth-order valence-corrected chi connectivity index (χ4v) is 2.72. The lowest BCUT2D eigenvalue weighted by molar-refractivity contribution is 0.0745. The van der Waals surface area contributed by atoms with E-state index in [1.807, 2.05) is 0 Å². The number of H-pyrrole nitrogens is 1. The SMILES string of the molecule is O=C(NCC1CCN(C(=O)c2cc(=O)[nH]o2)C1)c1ncncc1Cl. The highest BCUT2D eigenvalue weighted by Gasteiger charge is 2.29. The molecule has 24 heavy (non-hydrogen) atoms. The van der Waals surface area contributed by atoms with Crippen molar-refractivity contribution < 1.29 is 14.1 Å². The number of amides is 2. The zero-order chi connectivity index (χ0) is 17.1. The summed E-state index contributed by atoms with van der Waals surface area (Å²) in [5.74, 6) is -0.647. The lowest BCUT2D eigenvalue weighted by atomic mass is 10.1. The average molecular weight is 352 g/mol. The Morgan fingerprint density at radius 3 is 3.04 bits per heavy atom. The van der Waals surface area contributed by atoms with E-state index in [1.165, 1.54) is 12.5 Å². The van der Waals surface area contributed by atoms with Crippen LogP contribution in [0, 0.1) is 5.92 Å². The largest absolute Gasteiger partial charge is 0.373 e. The van der Waals surface area contributed by atoms with E-state index in [0.29, 0.717) is 19.6 Å². The maximum Gasteiger partial charge on any atom is 0.292 e. The average Bonchev–Trinajstić information content (AvgIpc) is 3.21. The second kappa shape index (κ2) is 6.83. The van der Waals surface area contributed by atoms with E-state index >= 15 is 0 Å². The van der Waals surface area contributed by atoms with Crippen molar-refractivity contribution in [3.05, 3.63) is 45.4 Å². The van der Waals surface area contributed by atoms with Gasteiger partial charge in [-0.1, -0.05) is 11.6 Å². The van der Waals surface area contributed by atoms with Gasteiger partial charge >= 0.3 is 0 Å². The molecule has 2 aromatic rings. The summed E-state index contributed by atoms with van der Waals surface area (Å²) in [5, 5.41) is 5.02. The van der Waals surface area contributed by atoms with Gasteiger partial charge in [0, 0.05) is 25.8 Å². The highest BCUT2D eigenvalue weighted by Crippen LogP contribution is 2.18. The molecule has 2 aromatic heterocycles. The van der Waals surface area contributed by atoms with Crippen molar-refractivity contribution in [1.82, 2.24) is 25.3 Å². The molecule has 0 aromatic carbocycles. The summed E-state index contributed by atoms with van der Waals surface area (Å²) in [6.45, 7) is 1.38. The molecule has 1 saturated heterocycles. The molecule has 1 fully saturated rings. The van der Waals surface area contributed by atoms with Crippen LogP contribution in [0.15, 0.2) is 27.9 Å². The molecule has 0 aliphatic carbocycles. The normalized spacial score (nSPS) is 17.0. The van der Waals surface area contributed by atoms with Gasteiger partial charge in [0.05, 0.1) is 11.1 Å². The second-order valence-electron chi connectivity index (χ2n) is 5.41. The van der Waals surface area contributed by atoms with Crippen molar-refractivity contribution >= 4 is 23.4 Å². The molecule has 10 heteroatoms. The quantitative estimate of drug-likeness (QED) is 0.817.